The normalized spacial score (nSPS) is 13.6. The van der Waals surface area contributed by atoms with Crippen molar-refractivity contribution in [1.29, 1.82) is 0 Å². The van der Waals surface area contributed by atoms with Gasteiger partial charge in [-0.15, -0.1) is 0 Å². The van der Waals surface area contributed by atoms with Crippen LogP contribution in [0.3, 0.4) is 0 Å². The minimum absolute atomic E-state index is 0.0621. The highest BCUT2D eigenvalue weighted by Crippen LogP contribution is 2.04. The minimum Gasteiger partial charge on any atom is -0.392 e. The quantitative estimate of drug-likeness (QED) is 0.730. The van der Waals surface area contributed by atoms with E-state index in [4.69, 9.17) is 10.3 Å². The van der Waals surface area contributed by atoms with Crippen LogP contribution in [0.15, 0.2) is 10.6 Å². The Morgan fingerprint density at radius 3 is 2.81 bits per heavy atom. The average Bonchev–Trinajstić information content (AvgIpc) is 2.60. The van der Waals surface area contributed by atoms with Gasteiger partial charge in [-0.2, -0.15) is 0 Å². The molecule has 90 valence electrons. The van der Waals surface area contributed by atoms with Crippen molar-refractivity contribution < 1.29 is 12.9 Å². The van der Waals surface area contributed by atoms with E-state index >= 15 is 0 Å². The Kier molecular flexibility index (Phi) is 4.00. The van der Waals surface area contributed by atoms with Crippen molar-refractivity contribution in [3.05, 3.63) is 17.5 Å². The summed E-state index contributed by atoms with van der Waals surface area (Å²) >= 11 is 4.63. The zero-order valence-electron chi connectivity index (χ0n) is 8.93. The highest BCUT2D eigenvalue weighted by atomic mass is 32.2. The molecule has 1 aromatic heterocycles. The molecule has 1 unspecified atom stereocenters. The summed E-state index contributed by atoms with van der Waals surface area (Å²) in [7, 11) is -3.55. The van der Waals surface area contributed by atoms with Crippen molar-refractivity contribution in [2.24, 2.45) is 5.73 Å². The van der Waals surface area contributed by atoms with Crippen LogP contribution in [0, 0.1) is 6.92 Å². The van der Waals surface area contributed by atoms with E-state index in [0.717, 1.165) is 0 Å². The molecular formula is C8H13N3O3S2. The molecule has 16 heavy (non-hydrogen) atoms. The first-order valence-electron chi connectivity index (χ1n) is 4.53. The summed E-state index contributed by atoms with van der Waals surface area (Å²) in [5, 5.41) is 2.75. The Bertz CT molecular complexity index is 480. The van der Waals surface area contributed by atoms with Crippen LogP contribution in [-0.4, -0.2) is 23.8 Å². The van der Waals surface area contributed by atoms with Crippen LogP contribution >= 0.6 is 12.2 Å². The average molecular weight is 263 g/mol. The number of aromatic nitrogens is 1. The lowest BCUT2D eigenvalue weighted by Gasteiger charge is -2.11. The summed E-state index contributed by atoms with van der Waals surface area (Å²) in [4.78, 5) is -0.0659. The van der Waals surface area contributed by atoms with E-state index in [1.54, 1.807) is 13.0 Å². The van der Waals surface area contributed by atoms with E-state index in [9.17, 15) is 8.42 Å². The third-order valence-corrected chi connectivity index (χ3v) is 4.23. The third-order valence-electron chi connectivity index (χ3n) is 2.00. The minimum atomic E-state index is -3.55. The van der Waals surface area contributed by atoms with Crippen LogP contribution in [0.4, 0.5) is 0 Å². The van der Waals surface area contributed by atoms with Crippen LogP contribution in [0.2, 0.25) is 0 Å². The summed E-state index contributed by atoms with van der Waals surface area (Å²) in [6, 6.07) is 1.65. The molecule has 0 fully saturated rings. The number of thiocarbonyl (C=S) groups is 1. The van der Waals surface area contributed by atoms with Gasteiger partial charge in [0.25, 0.3) is 0 Å². The SMILES string of the molecule is Cc1cc(CNS(=O)(=O)C(C)C(N)=S)no1. The van der Waals surface area contributed by atoms with Gasteiger partial charge in [0.15, 0.2) is 0 Å². The molecule has 0 amide bonds. The van der Waals surface area contributed by atoms with Gasteiger partial charge in [0.05, 0.1) is 17.2 Å². The maximum Gasteiger partial charge on any atom is 0.221 e. The fourth-order valence-electron chi connectivity index (χ4n) is 0.954. The molecule has 0 spiro atoms. The lowest BCUT2D eigenvalue weighted by atomic mass is 10.4. The topological polar surface area (TPSA) is 98.2 Å². The fourth-order valence-corrected chi connectivity index (χ4v) is 2.24. The van der Waals surface area contributed by atoms with Crippen molar-refractivity contribution in [3.63, 3.8) is 0 Å². The largest absolute Gasteiger partial charge is 0.392 e. The van der Waals surface area contributed by atoms with Crippen molar-refractivity contribution in [2.75, 3.05) is 0 Å². The lowest BCUT2D eigenvalue weighted by molar-refractivity contribution is 0.390. The molecule has 6 nitrogen and oxygen atoms in total. The van der Waals surface area contributed by atoms with Crippen molar-refractivity contribution in [3.8, 4) is 0 Å². The molecule has 0 aliphatic carbocycles. The number of rotatable bonds is 5. The van der Waals surface area contributed by atoms with E-state index in [1.165, 1.54) is 6.92 Å². The summed E-state index contributed by atoms with van der Waals surface area (Å²) < 4.78 is 30.4. The van der Waals surface area contributed by atoms with Gasteiger partial charge >= 0.3 is 0 Å². The summed E-state index contributed by atoms with van der Waals surface area (Å²) in [6.07, 6.45) is 0. The Labute approximate surface area is 99.2 Å². The second-order valence-corrected chi connectivity index (χ2v) is 5.90. The smallest absolute Gasteiger partial charge is 0.221 e. The van der Waals surface area contributed by atoms with E-state index in [-0.39, 0.29) is 11.5 Å². The zero-order valence-corrected chi connectivity index (χ0v) is 10.6. The number of hydrogen-bond donors (Lipinski definition) is 2. The van der Waals surface area contributed by atoms with Gasteiger partial charge in [-0.05, 0) is 13.8 Å². The highest BCUT2D eigenvalue weighted by molar-refractivity contribution is 7.93. The van der Waals surface area contributed by atoms with Gasteiger partial charge < -0.3 is 10.3 Å². The molecule has 8 heteroatoms. The predicted molar refractivity (Wildman–Crippen MR) is 63.2 cm³/mol. The number of nitrogens with two attached hydrogens (primary N) is 1. The fraction of sp³-hybridized carbons (Fsp3) is 0.500. The van der Waals surface area contributed by atoms with Crippen LogP contribution in [0.25, 0.3) is 0 Å². The van der Waals surface area contributed by atoms with E-state index < -0.39 is 15.3 Å². The standard InChI is InChI=1S/C8H13N3O3S2/c1-5-3-7(11-14-5)4-10-16(12,13)6(2)8(9)15/h3,6,10H,4H2,1-2H3,(H2,9,15). The number of hydrogen-bond acceptors (Lipinski definition) is 5. The molecule has 0 bridgehead atoms. The summed E-state index contributed by atoms with van der Waals surface area (Å²) in [5.74, 6) is 0.622. The van der Waals surface area contributed by atoms with Gasteiger partial charge in [0.2, 0.25) is 10.0 Å². The van der Waals surface area contributed by atoms with Crippen LogP contribution < -0.4 is 10.5 Å². The molecule has 0 saturated heterocycles. The van der Waals surface area contributed by atoms with Crippen LogP contribution in [0.1, 0.15) is 18.4 Å². The zero-order chi connectivity index (χ0) is 12.3. The molecular weight excluding hydrogens is 250 g/mol. The molecule has 0 aliphatic heterocycles. The molecule has 0 radical (unpaired) electrons. The Morgan fingerprint density at radius 1 is 1.75 bits per heavy atom. The molecule has 1 aromatic rings. The second kappa shape index (κ2) is 4.89. The molecule has 3 N–H and O–H groups in total. The van der Waals surface area contributed by atoms with Crippen LogP contribution in [-0.2, 0) is 16.6 Å². The second-order valence-electron chi connectivity index (χ2n) is 3.34. The summed E-state index contributed by atoms with van der Waals surface area (Å²) in [5.41, 5.74) is 5.78. The van der Waals surface area contributed by atoms with Crippen LogP contribution in [0.5, 0.6) is 0 Å². The number of nitrogens with one attached hydrogen (secondary N) is 1. The number of aryl methyl sites for hydroxylation is 1. The monoisotopic (exact) mass is 263 g/mol. The van der Waals surface area contributed by atoms with Crippen molar-refractivity contribution >= 4 is 27.2 Å². The molecule has 0 aliphatic rings. The van der Waals surface area contributed by atoms with Gasteiger partial charge in [-0.1, -0.05) is 17.4 Å². The molecule has 1 heterocycles. The first kappa shape index (κ1) is 13.1. The first-order valence-corrected chi connectivity index (χ1v) is 6.48. The molecule has 0 saturated carbocycles. The van der Waals surface area contributed by atoms with E-state index in [1.807, 2.05) is 0 Å². The van der Waals surface area contributed by atoms with Gasteiger partial charge in [-0.25, -0.2) is 13.1 Å². The molecule has 1 rings (SSSR count). The van der Waals surface area contributed by atoms with Gasteiger partial charge in [-0.3, -0.25) is 0 Å². The summed E-state index contributed by atoms with van der Waals surface area (Å²) in [6.45, 7) is 3.22. The maximum atomic E-state index is 11.6. The third kappa shape index (κ3) is 3.26. The van der Waals surface area contributed by atoms with E-state index in [2.05, 4.69) is 22.1 Å². The highest BCUT2D eigenvalue weighted by Gasteiger charge is 2.22. The Balaban J connectivity index is 2.65. The van der Waals surface area contributed by atoms with Crippen molar-refractivity contribution in [1.82, 2.24) is 9.88 Å². The van der Waals surface area contributed by atoms with Gasteiger partial charge in [0, 0.05) is 6.07 Å². The maximum absolute atomic E-state index is 11.6. The molecule has 1 atom stereocenters. The number of nitrogens with zero attached hydrogens (tertiary/aromatic N) is 1. The van der Waals surface area contributed by atoms with Gasteiger partial charge in [0.1, 0.15) is 11.0 Å². The first-order chi connectivity index (χ1) is 7.33. The number of sulfonamides is 1. The van der Waals surface area contributed by atoms with Crippen molar-refractivity contribution in [2.45, 2.75) is 25.6 Å². The lowest BCUT2D eigenvalue weighted by Crippen LogP contribution is -2.39. The van der Waals surface area contributed by atoms with E-state index in [0.29, 0.717) is 11.5 Å². The molecule has 0 aromatic carbocycles. The predicted octanol–water partition coefficient (Wildman–Crippen LogP) is 0.0770. The Morgan fingerprint density at radius 2 is 2.38 bits per heavy atom. The Hall–Kier alpha value is -0.990.